The average Bonchev–Trinajstić information content (AvgIpc) is 2.69. The number of halogens is 2. The first kappa shape index (κ1) is 16.3. The van der Waals surface area contributed by atoms with Crippen molar-refractivity contribution in [3.05, 3.63) is 50.8 Å². The molecule has 1 aromatic carbocycles. The first-order valence-electron chi connectivity index (χ1n) is 7.03. The van der Waals surface area contributed by atoms with Gasteiger partial charge in [-0.3, -0.25) is 4.68 Å². The van der Waals surface area contributed by atoms with Gasteiger partial charge in [0.25, 0.3) is 0 Å². The molecule has 0 aliphatic carbocycles. The summed E-state index contributed by atoms with van der Waals surface area (Å²) in [6.07, 6.45) is 1.76. The molecular formula is C16H21Cl2N3. The van der Waals surface area contributed by atoms with Crippen LogP contribution in [0.1, 0.15) is 22.5 Å². The monoisotopic (exact) mass is 325 g/mol. The quantitative estimate of drug-likeness (QED) is 0.908. The molecular weight excluding hydrogens is 305 g/mol. The first-order valence-corrected chi connectivity index (χ1v) is 7.78. The van der Waals surface area contributed by atoms with Crippen LogP contribution in [0.25, 0.3) is 0 Å². The van der Waals surface area contributed by atoms with E-state index in [-0.39, 0.29) is 0 Å². The molecule has 1 N–H and O–H groups in total. The van der Waals surface area contributed by atoms with E-state index in [1.807, 2.05) is 37.0 Å². The molecule has 0 aliphatic heterocycles. The Hall–Kier alpha value is -1.03. The summed E-state index contributed by atoms with van der Waals surface area (Å²) in [6.45, 7) is 4.16. The van der Waals surface area contributed by atoms with Gasteiger partial charge < -0.3 is 5.32 Å². The van der Waals surface area contributed by atoms with Crippen LogP contribution < -0.4 is 5.32 Å². The molecule has 0 fully saturated rings. The highest BCUT2D eigenvalue weighted by molar-refractivity contribution is 6.42. The molecule has 0 bridgehead atoms. The zero-order valence-electron chi connectivity index (χ0n) is 12.9. The van der Waals surface area contributed by atoms with Crippen LogP contribution in [-0.4, -0.2) is 22.9 Å². The number of likely N-dealkylation sites (N-methyl/N-ethyl adjacent to an activating group) is 1. The molecule has 5 heteroatoms. The molecule has 1 unspecified atom stereocenters. The predicted molar refractivity (Wildman–Crippen MR) is 89.4 cm³/mol. The third-order valence-corrected chi connectivity index (χ3v) is 4.87. The third-order valence-electron chi connectivity index (χ3n) is 4.02. The minimum atomic E-state index is 0.294. The van der Waals surface area contributed by atoms with Crippen molar-refractivity contribution < 1.29 is 0 Å². The summed E-state index contributed by atoms with van der Waals surface area (Å²) >= 11 is 12.4. The molecule has 0 saturated heterocycles. The van der Waals surface area contributed by atoms with Crippen LogP contribution in [0, 0.1) is 13.8 Å². The fraction of sp³-hybridized carbons (Fsp3) is 0.438. The Kier molecular flexibility index (Phi) is 5.31. The second-order valence-corrected chi connectivity index (χ2v) is 6.16. The molecule has 0 spiro atoms. The molecule has 3 nitrogen and oxygen atoms in total. The molecule has 1 heterocycles. The topological polar surface area (TPSA) is 29.9 Å². The molecule has 0 aliphatic rings. The number of hydrogen-bond donors (Lipinski definition) is 1. The van der Waals surface area contributed by atoms with Crippen molar-refractivity contribution in [2.45, 2.75) is 32.7 Å². The van der Waals surface area contributed by atoms with Crippen molar-refractivity contribution in [1.29, 1.82) is 0 Å². The number of nitrogens with one attached hydrogen (secondary N) is 1. The number of rotatable bonds is 5. The van der Waals surface area contributed by atoms with Gasteiger partial charge in [-0.05, 0) is 50.9 Å². The van der Waals surface area contributed by atoms with Gasteiger partial charge in [0.1, 0.15) is 0 Å². The maximum atomic E-state index is 6.29. The molecule has 1 atom stereocenters. The zero-order chi connectivity index (χ0) is 15.6. The third kappa shape index (κ3) is 3.60. The molecule has 1 aromatic heterocycles. The van der Waals surface area contributed by atoms with Crippen molar-refractivity contribution in [1.82, 2.24) is 15.1 Å². The molecule has 0 radical (unpaired) electrons. The highest BCUT2D eigenvalue weighted by atomic mass is 35.5. The fourth-order valence-electron chi connectivity index (χ4n) is 2.61. The lowest BCUT2D eigenvalue weighted by Gasteiger charge is -2.18. The number of hydrogen-bond acceptors (Lipinski definition) is 2. The SMILES string of the molecule is CNC(Cc1cccc(Cl)c1Cl)Cc1c(C)nn(C)c1C. The van der Waals surface area contributed by atoms with Crippen molar-refractivity contribution >= 4 is 23.2 Å². The largest absolute Gasteiger partial charge is 0.316 e. The minimum absolute atomic E-state index is 0.294. The molecule has 21 heavy (non-hydrogen) atoms. The van der Waals surface area contributed by atoms with E-state index in [0.717, 1.165) is 24.1 Å². The van der Waals surface area contributed by atoms with Crippen molar-refractivity contribution in [2.24, 2.45) is 7.05 Å². The Bertz CT molecular complexity index is 635. The van der Waals surface area contributed by atoms with Gasteiger partial charge in [0, 0.05) is 18.8 Å². The van der Waals surface area contributed by atoms with Gasteiger partial charge in [-0.25, -0.2) is 0 Å². The van der Waals surface area contributed by atoms with Crippen LogP contribution in [0.5, 0.6) is 0 Å². The van der Waals surface area contributed by atoms with E-state index in [2.05, 4.69) is 24.3 Å². The lowest BCUT2D eigenvalue weighted by molar-refractivity contribution is 0.554. The smallest absolute Gasteiger partial charge is 0.0628 e. The predicted octanol–water partition coefficient (Wildman–Crippen LogP) is 3.72. The van der Waals surface area contributed by atoms with Crippen molar-refractivity contribution in [2.75, 3.05) is 7.05 Å². The van der Waals surface area contributed by atoms with E-state index in [0.29, 0.717) is 16.1 Å². The van der Waals surface area contributed by atoms with Gasteiger partial charge in [-0.15, -0.1) is 0 Å². The summed E-state index contributed by atoms with van der Waals surface area (Å²) < 4.78 is 1.93. The second kappa shape index (κ2) is 6.82. The van der Waals surface area contributed by atoms with Gasteiger partial charge >= 0.3 is 0 Å². The number of benzene rings is 1. The Morgan fingerprint density at radius 2 is 1.95 bits per heavy atom. The summed E-state index contributed by atoms with van der Waals surface area (Å²) in [4.78, 5) is 0. The van der Waals surface area contributed by atoms with Crippen LogP contribution in [0.15, 0.2) is 18.2 Å². The van der Waals surface area contributed by atoms with Gasteiger partial charge in [-0.2, -0.15) is 5.10 Å². The average molecular weight is 326 g/mol. The molecule has 2 aromatic rings. The molecule has 2 rings (SSSR count). The van der Waals surface area contributed by atoms with Crippen LogP contribution in [0.4, 0.5) is 0 Å². The fourth-order valence-corrected chi connectivity index (χ4v) is 3.00. The summed E-state index contributed by atoms with van der Waals surface area (Å²) in [5.74, 6) is 0. The number of aryl methyl sites for hydroxylation is 2. The van der Waals surface area contributed by atoms with E-state index < -0.39 is 0 Å². The number of aromatic nitrogens is 2. The van der Waals surface area contributed by atoms with Gasteiger partial charge in [0.05, 0.1) is 15.7 Å². The number of nitrogens with zero attached hydrogens (tertiary/aromatic N) is 2. The van der Waals surface area contributed by atoms with Crippen molar-refractivity contribution in [3.63, 3.8) is 0 Å². The Morgan fingerprint density at radius 3 is 2.52 bits per heavy atom. The second-order valence-electron chi connectivity index (χ2n) is 5.38. The van der Waals surface area contributed by atoms with Gasteiger partial charge in [0.15, 0.2) is 0 Å². The van der Waals surface area contributed by atoms with Crippen LogP contribution in [-0.2, 0) is 19.9 Å². The first-order chi connectivity index (χ1) is 9.93. The summed E-state index contributed by atoms with van der Waals surface area (Å²) in [6, 6.07) is 6.08. The Morgan fingerprint density at radius 1 is 1.24 bits per heavy atom. The lowest BCUT2D eigenvalue weighted by Crippen LogP contribution is -2.30. The Balaban J connectivity index is 2.19. The van der Waals surface area contributed by atoms with E-state index in [1.54, 1.807) is 0 Å². The van der Waals surface area contributed by atoms with Crippen LogP contribution in [0.2, 0.25) is 10.0 Å². The van der Waals surface area contributed by atoms with E-state index >= 15 is 0 Å². The summed E-state index contributed by atoms with van der Waals surface area (Å²) in [5, 5.41) is 9.11. The molecule has 0 amide bonds. The lowest BCUT2D eigenvalue weighted by atomic mass is 9.98. The van der Waals surface area contributed by atoms with Crippen LogP contribution >= 0.6 is 23.2 Å². The maximum absolute atomic E-state index is 6.29. The highest BCUT2D eigenvalue weighted by Gasteiger charge is 2.17. The summed E-state index contributed by atoms with van der Waals surface area (Å²) in [7, 11) is 3.96. The highest BCUT2D eigenvalue weighted by Crippen LogP contribution is 2.27. The zero-order valence-corrected chi connectivity index (χ0v) is 14.4. The standard InChI is InChI=1S/C16H21Cl2N3/c1-10-14(11(2)21(4)20-10)9-13(19-3)8-12-6-5-7-15(17)16(12)18/h5-7,13,19H,8-9H2,1-4H3. The normalized spacial score (nSPS) is 12.7. The Labute approximate surface area is 136 Å². The van der Waals surface area contributed by atoms with Crippen LogP contribution in [0.3, 0.4) is 0 Å². The maximum Gasteiger partial charge on any atom is 0.0628 e. The minimum Gasteiger partial charge on any atom is -0.316 e. The summed E-state index contributed by atoms with van der Waals surface area (Å²) in [5.41, 5.74) is 4.68. The van der Waals surface area contributed by atoms with Crippen molar-refractivity contribution in [3.8, 4) is 0 Å². The van der Waals surface area contributed by atoms with E-state index in [4.69, 9.17) is 23.2 Å². The van der Waals surface area contributed by atoms with Gasteiger partial charge in [0.2, 0.25) is 0 Å². The van der Waals surface area contributed by atoms with E-state index in [1.165, 1.54) is 11.3 Å². The van der Waals surface area contributed by atoms with Gasteiger partial charge in [-0.1, -0.05) is 35.3 Å². The van der Waals surface area contributed by atoms with E-state index in [9.17, 15) is 0 Å². The molecule has 114 valence electrons. The molecule has 0 saturated carbocycles.